The number of carbonyl (C=O) groups is 1. The van der Waals surface area contributed by atoms with Gasteiger partial charge in [0.1, 0.15) is 0 Å². The molecule has 1 aromatic heterocycles. The van der Waals surface area contributed by atoms with Crippen molar-refractivity contribution >= 4 is 33.3 Å². The summed E-state index contributed by atoms with van der Waals surface area (Å²) in [6, 6.07) is 14.8. The lowest BCUT2D eigenvalue weighted by molar-refractivity contribution is 0.103. The number of hydrogen-bond acceptors (Lipinski definition) is 2. The van der Waals surface area contributed by atoms with E-state index in [0.717, 1.165) is 5.69 Å². The molecule has 3 rings (SSSR count). The Morgan fingerprint density at radius 2 is 1.90 bits per heavy atom. The zero-order valence-electron chi connectivity index (χ0n) is 10.8. The number of carbonyl (C=O) groups excluding carboxylic acids is 1. The van der Waals surface area contributed by atoms with Gasteiger partial charge in [-0.25, -0.2) is 4.68 Å². The van der Waals surface area contributed by atoms with Gasteiger partial charge in [-0.3, -0.25) is 4.79 Å². The summed E-state index contributed by atoms with van der Waals surface area (Å²) in [5.74, 6) is -0.119. The molecule has 0 fully saturated rings. The third-order valence-electron chi connectivity index (χ3n) is 3.04. The van der Waals surface area contributed by atoms with Crippen LogP contribution in [-0.4, -0.2) is 15.6 Å². The molecule has 0 radical (unpaired) electrons. The van der Waals surface area contributed by atoms with Gasteiger partial charge in [0.05, 0.1) is 17.4 Å². The van der Waals surface area contributed by atoms with E-state index >= 15 is 0 Å². The Kier molecular flexibility index (Phi) is 3.90. The van der Waals surface area contributed by atoms with Crippen molar-refractivity contribution in [2.24, 2.45) is 0 Å². The van der Waals surface area contributed by atoms with Gasteiger partial charge in [-0.15, -0.1) is 0 Å². The first kappa shape index (κ1) is 14.0. The molecule has 0 spiro atoms. The summed E-state index contributed by atoms with van der Waals surface area (Å²) in [6.07, 6.45) is 3.27. The first-order valence-electron chi connectivity index (χ1n) is 6.25. The number of ketones is 1. The van der Waals surface area contributed by atoms with Crippen molar-refractivity contribution in [1.82, 2.24) is 9.78 Å². The van der Waals surface area contributed by atoms with Crippen LogP contribution in [-0.2, 0) is 0 Å². The second-order valence-corrected chi connectivity index (χ2v) is 5.75. The quantitative estimate of drug-likeness (QED) is 0.643. The van der Waals surface area contributed by atoms with Crippen molar-refractivity contribution in [3.05, 3.63) is 81.5 Å². The van der Waals surface area contributed by atoms with Crippen molar-refractivity contribution in [3.8, 4) is 5.69 Å². The van der Waals surface area contributed by atoms with Gasteiger partial charge in [-0.05, 0) is 30.3 Å². The van der Waals surface area contributed by atoms with E-state index in [9.17, 15) is 4.79 Å². The van der Waals surface area contributed by atoms with Gasteiger partial charge in [0, 0.05) is 21.3 Å². The second kappa shape index (κ2) is 5.84. The van der Waals surface area contributed by atoms with Crippen LogP contribution >= 0.6 is 27.5 Å². The lowest BCUT2D eigenvalue weighted by atomic mass is 10.1. The van der Waals surface area contributed by atoms with E-state index in [2.05, 4.69) is 21.0 Å². The van der Waals surface area contributed by atoms with Crippen LogP contribution in [0.1, 0.15) is 15.9 Å². The van der Waals surface area contributed by atoms with Crippen LogP contribution in [0.25, 0.3) is 5.69 Å². The van der Waals surface area contributed by atoms with Crippen LogP contribution in [0.4, 0.5) is 0 Å². The Morgan fingerprint density at radius 1 is 1.14 bits per heavy atom. The molecule has 0 amide bonds. The van der Waals surface area contributed by atoms with Crippen LogP contribution in [0.5, 0.6) is 0 Å². The molecule has 104 valence electrons. The zero-order valence-corrected chi connectivity index (χ0v) is 13.2. The lowest BCUT2D eigenvalue weighted by Gasteiger charge is -2.02. The molecule has 0 saturated heterocycles. The maximum atomic E-state index is 12.5. The molecule has 0 saturated carbocycles. The molecule has 0 aliphatic heterocycles. The largest absolute Gasteiger partial charge is 0.288 e. The monoisotopic (exact) mass is 360 g/mol. The summed E-state index contributed by atoms with van der Waals surface area (Å²) >= 11 is 9.33. The van der Waals surface area contributed by atoms with Crippen LogP contribution in [0, 0.1) is 0 Å². The highest BCUT2D eigenvalue weighted by molar-refractivity contribution is 9.10. The Hall–Kier alpha value is -1.91. The maximum absolute atomic E-state index is 12.5. The molecule has 0 atom stereocenters. The fourth-order valence-corrected chi connectivity index (χ4v) is 2.59. The molecule has 5 heteroatoms. The highest BCUT2D eigenvalue weighted by atomic mass is 79.9. The summed E-state index contributed by atoms with van der Waals surface area (Å²) in [5, 5.41) is 4.76. The second-order valence-electron chi connectivity index (χ2n) is 4.46. The van der Waals surface area contributed by atoms with Gasteiger partial charge in [-0.2, -0.15) is 5.10 Å². The minimum Gasteiger partial charge on any atom is -0.288 e. The van der Waals surface area contributed by atoms with E-state index in [0.29, 0.717) is 20.6 Å². The summed E-state index contributed by atoms with van der Waals surface area (Å²) < 4.78 is 2.38. The average molecular weight is 362 g/mol. The first-order valence-corrected chi connectivity index (χ1v) is 7.42. The topological polar surface area (TPSA) is 34.9 Å². The number of para-hydroxylation sites is 1. The highest BCUT2D eigenvalue weighted by Crippen LogP contribution is 2.24. The van der Waals surface area contributed by atoms with Crippen LogP contribution < -0.4 is 0 Å². The molecular formula is C16H10BrClN2O. The van der Waals surface area contributed by atoms with Crippen molar-refractivity contribution < 1.29 is 4.79 Å². The Labute approximate surface area is 135 Å². The smallest absolute Gasteiger partial charge is 0.197 e. The molecule has 3 nitrogen and oxygen atoms in total. The summed E-state index contributed by atoms with van der Waals surface area (Å²) in [5.41, 5.74) is 1.94. The molecule has 1 heterocycles. The van der Waals surface area contributed by atoms with Crippen molar-refractivity contribution in [1.29, 1.82) is 0 Å². The van der Waals surface area contributed by atoms with Crippen LogP contribution in [0.3, 0.4) is 0 Å². The third kappa shape index (κ3) is 2.91. The predicted octanol–water partition coefficient (Wildman–Crippen LogP) is 4.52. The molecule has 0 aliphatic rings. The van der Waals surface area contributed by atoms with Gasteiger partial charge in [0.15, 0.2) is 5.78 Å². The average Bonchev–Trinajstić information content (AvgIpc) is 3.00. The number of aromatic nitrogens is 2. The fourth-order valence-electron chi connectivity index (χ4n) is 1.99. The van der Waals surface area contributed by atoms with E-state index in [4.69, 9.17) is 11.6 Å². The normalized spacial score (nSPS) is 10.6. The number of nitrogens with zero attached hydrogens (tertiary/aromatic N) is 2. The van der Waals surface area contributed by atoms with Gasteiger partial charge >= 0.3 is 0 Å². The molecule has 0 bridgehead atoms. The molecule has 0 unspecified atom stereocenters. The molecule has 21 heavy (non-hydrogen) atoms. The van der Waals surface area contributed by atoms with E-state index in [1.165, 1.54) is 0 Å². The number of benzene rings is 2. The van der Waals surface area contributed by atoms with Crippen molar-refractivity contribution in [2.45, 2.75) is 0 Å². The third-order valence-corrected chi connectivity index (χ3v) is 3.97. The maximum Gasteiger partial charge on any atom is 0.197 e. The van der Waals surface area contributed by atoms with Gasteiger partial charge in [0.2, 0.25) is 0 Å². The fraction of sp³-hybridized carbons (Fsp3) is 0. The van der Waals surface area contributed by atoms with Crippen molar-refractivity contribution in [2.75, 3.05) is 0 Å². The number of rotatable bonds is 3. The van der Waals surface area contributed by atoms with E-state index < -0.39 is 0 Å². The summed E-state index contributed by atoms with van der Waals surface area (Å²) in [7, 11) is 0. The van der Waals surface area contributed by atoms with E-state index in [1.54, 1.807) is 35.3 Å². The van der Waals surface area contributed by atoms with Gasteiger partial charge in [-0.1, -0.05) is 45.7 Å². The zero-order chi connectivity index (χ0) is 14.8. The van der Waals surface area contributed by atoms with E-state index in [-0.39, 0.29) is 5.78 Å². The SMILES string of the molecule is O=C(c1cnn(-c2ccccc2)c1)c1cc(Cl)ccc1Br. The first-order chi connectivity index (χ1) is 10.1. The van der Waals surface area contributed by atoms with Gasteiger partial charge in [0.25, 0.3) is 0 Å². The standard InChI is InChI=1S/C16H10BrClN2O/c17-15-7-6-12(18)8-14(15)16(21)11-9-19-20(10-11)13-4-2-1-3-5-13/h1-10H. The number of halogens is 2. The molecule has 3 aromatic rings. The van der Waals surface area contributed by atoms with Crippen molar-refractivity contribution in [3.63, 3.8) is 0 Å². The lowest BCUT2D eigenvalue weighted by Crippen LogP contribution is -2.01. The van der Waals surface area contributed by atoms with E-state index in [1.807, 2.05) is 30.3 Å². The summed E-state index contributed by atoms with van der Waals surface area (Å²) in [4.78, 5) is 12.5. The minimum atomic E-state index is -0.119. The minimum absolute atomic E-state index is 0.119. The highest BCUT2D eigenvalue weighted by Gasteiger charge is 2.15. The molecule has 0 aliphatic carbocycles. The van der Waals surface area contributed by atoms with Crippen LogP contribution in [0.2, 0.25) is 5.02 Å². The Balaban J connectivity index is 1.96. The van der Waals surface area contributed by atoms with Gasteiger partial charge < -0.3 is 0 Å². The molecule has 2 aromatic carbocycles. The Morgan fingerprint density at radius 3 is 2.67 bits per heavy atom. The number of hydrogen-bond donors (Lipinski definition) is 0. The van der Waals surface area contributed by atoms with Crippen LogP contribution in [0.15, 0.2) is 65.4 Å². The molecular weight excluding hydrogens is 352 g/mol. The summed E-state index contributed by atoms with van der Waals surface area (Å²) in [6.45, 7) is 0. The Bertz CT molecular complexity index is 799. The molecule has 0 N–H and O–H groups in total. The predicted molar refractivity (Wildman–Crippen MR) is 86.1 cm³/mol.